The monoisotopic (exact) mass is 436 g/mol. The predicted molar refractivity (Wildman–Crippen MR) is 114 cm³/mol. The Kier molecular flexibility index (Phi) is 5.43. The maximum absolute atomic E-state index is 13.0. The van der Waals surface area contributed by atoms with Gasteiger partial charge in [0.2, 0.25) is 10.0 Å². The molecule has 1 N–H and O–H groups in total. The summed E-state index contributed by atoms with van der Waals surface area (Å²) in [6.07, 6.45) is 1.66. The maximum atomic E-state index is 13.0. The minimum Gasteiger partial charge on any atom is -0.308 e. The van der Waals surface area contributed by atoms with Gasteiger partial charge in [0.25, 0.3) is 5.56 Å². The van der Waals surface area contributed by atoms with Gasteiger partial charge < -0.3 is 4.98 Å². The molecule has 1 fully saturated rings. The molecule has 8 nitrogen and oxygen atoms in total. The van der Waals surface area contributed by atoms with E-state index >= 15 is 0 Å². The topological polar surface area (TPSA) is 124 Å². The van der Waals surface area contributed by atoms with Crippen molar-refractivity contribution in [2.75, 3.05) is 13.1 Å². The van der Waals surface area contributed by atoms with E-state index in [1.165, 1.54) is 28.6 Å². The lowest BCUT2D eigenvalue weighted by atomic mass is 9.98. The van der Waals surface area contributed by atoms with Crippen molar-refractivity contribution in [3.05, 3.63) is 69.8 Å². The molecular formula is C22H20N4O4S. The van der Waals surface area contributed by atoms with Gasteiger partial charge in [-0.15, -0.1) is 0 Å². The summed E-state index contributed by atoms with van der Waals surface area (Å²) in [4.78, 5) is 32.3. The number of sulfonamides is 1. The van der Waals surface area contributed by atoms with Gasteiger partial charge in [0.15, 0.2) is 11.7 Å². The van der Waals surface area contributed by atoms with Crippen LogP contribution in [-0.2, 0) is 10.0 Å². The van der Waals surface area contributed by atoms with Crippen LogP contribution in [0.5, 0.6) is 0 Å². The summed E-state index contributed by atoms with van der Waals surface area (Å²) in [5.41, 5.74) is 1.02. The van der Waals surface area contributed by atoms with Crippen molar-refractivity contribution in [1.29, 1.82) is 5.26 Å². The van der Waals surface area contributed by atoms with E-state index in [4.69, 9.17) is 0 Å². The van der Waals surface area contributed by atoms with E-state index in [0.717, 1.165) is 18.4 Å². The van der Waals surface area contributed by atoms with Crippen LogP contribution >= 0.6 is 0 Å². The molecule has 0 bridgehead atoms. The molecule has 31 heavy (non-hydrogen) atoms. The lowest BCUT2D eigenvalue weighted by Gasteiger charge is -2.15. The van der Waals surface area contributed by atoms with Gasteiger partial charge in [-0.2, -0.15) is 9.57 Å². The first-order valence-electron chi connectivity index (χ1n) is 9.86. The number of aryl methyl sites for hydroxylation is 1. The second-order valence-corrected chi connectivity index (χ2v) is 9.47. The highest BCUT2D eigenvalue weighted by Gasteiger charge is 2.29. The lowest BCUT2D eigenvalue weighted by molar-refractivity contribution is 0.0976. The molecule has 0 saturated carbocycles. The zero-order valence-electron chi connectivity index (χ0n) is 16.8. The molecular weight excluding hydrogens is 416 g/mol. The normalized spacial score (nSPS) is 15.6. The zero-order chi connectivity index (χ0) is 22.2. The second kappa shape index (κ2) is 8.06. The average Bonchev–Trinajstić information content (AvgIpc) is 3.31. The molecule has 0 spiro atoms. The molecule has 2 aromatic carbocycles. The Balaban J connectivity index is 1.65. The smallest absolute Gasteiger partial charge is 0.258 e. The average molecular weight is 436 g/mol. The lowest BCUT2D eigenvalue weighted by Crippen LogP contribution is -2.27. The number of nitrogens with zero attached hydrogens (tertiary/aromatic N) is 3. The summed E-state index contributed by atoms with van der Waals surface area (Å²) >= 11 is 0. The highest BCUT2D eigenvalue weighted by atomic mass is 32.2. The van der Waals surface area contributed by atoms with Gasteiger partial charge in [0, 0.05) is 18.7 Å². The molecule has 1 atom stereocenters. The summed E-state index contributed by atoms with van der Waals surface area (Å²) in [7, 11) is -3.60. The van der Waals surface area contributed by atoms with Gasteiger partial charge >= 0.3 is 0 Å². The fraction of sp³-hybridized carbons (Fsp3) is 0.273. The van der Waals surface area contributed by atoms with Crippen molar-refractivity contribution in [2.24, 2.45) is 0 Å². The zero-order valence-corrected chi connectivity index (χ0v) is 17.6. The number of aromatic nitrogens is 2. The Bertz CT molecular complexity index is 1370. The van der Waals surface area contributed by atoms with E-state index in [1.807, 2.05) is 13.0 Å². The van der Waals surface area contributed by atoms with Gasteiger partial charge in [0.1, 0.15) is 5.82 Å². The third-order valence-corrected chi connectivity index (χ3v) is 7.30. The number of Topliss-reactive ketones (excluding diaryl/α,β-unsaturated/α-hetero) is 1. The third-order valence-electron chi connectivity index (χ3n) is 5.39. The Morgan fingerprint density at radius 1 is 1.16 bits per heavy atom. The molecule has 0 amide bonds. The SMILES string of the molecule is Cc1ccc2nc([C@@H](C#N)C(=O)c3ccc(S(=O)(=O)N4CCCC4)cc3)[nH]c(=O)c2c1. The molecule has 9 heteroatoms. The first-order chi connectivity index (χ1) is 14.8. The van der Waals surface area contributed by atoms with Crippen molar-refractivity contribution in [2.45, 2.75) is 30.6 Å². The molecule has 1 aliphatic heterocycles. The minimum atomic E-state index is -3.60. The van der Waals surface area contributed by atoms with Crippen LogP contribution in [0.3, 0.4) is 0 Å². The van der Waals surface area contributed by atoms with E-state index in [9.17, 15) is 23.3 Å². The molecule has 2 heterocycles. The first-order valence-corrected chi connectivity index (χ1v) is 11.3. The van der Waals surface area contributed by atoms with E-state index in [1.54, 1.807) is 18.2 Å². The summed E-state index contributed by atoms with van der Waals surface area (Å²) in [5.74, 6) is -1.93. The van der Waals surface area contributed by atoms with Crippen LogP contribution < -0.4 is 5.56 Å². The molecule has 158 valence electrons. The maximum Gasteiger partial charge on any atom is 0.258 e. The fourth-order valence-corrected chi connectivity index (χ4v) is 5.20. The molecule has 1 aliphatic rings. The molecule has 4 rings (SSSR count). The largest absolute Gasteiger partial charge is 0.308 e. The van der Waals surface area contributed by atoms with E-state index < -0.39 is 27.3 Å². The van der Waals surface area contributed by atoms with Gasteiger partial charge in [-0.1, -0.05) is 23.8 Å². The predicted octanol–water partition coefficient (Wildman–Crippen LogP) is 2.51. The Morgan fingerprint density at radius 3 is 2.48 bits per heavy atom. The molecule has 3 aromatic rings. The number of H-pyrrole nitrogens is 1. The van der Waals surface area contributed by atoms with Crippen LogP contribution in [0.4, 0.5) is 0 Å². The van der Waals surface area contributed by atoms with Crippen LogP contribution in [0.25, 0.3) is 10.9 Å². The van der Waals surface area contributed by atoms with Crippen LogP contribution in [0, 0.1) is 18.3 Å². The van der Waals surface area contributed by atoms with Crippen LogP contribution in [0.15, 0.2) is 52.2 Å². The number of carbonyl (C=O) groups is 1. The highest BCUT2D eigenvalue weighted by molar-refractivity contribution is 7.89. The van der Waals surface area contributed by atoms with Crippen LogP contribution in [0.1, 0.15) is 40.5 Å². The van der Waals surface area contributed by atoms with Gasteiger partial charge in [-0.05, 0) is 44.0 Å². The Morgan fingerprint density at radius 2 is 1.84 bits per heavy atom. The number of nitrogens with one attached hydrogen (secondary N) is 1. The summed E-state index contributed by atoms with van der Waals surface area (Å²) in [5, 5.41) is 9.99. The standard InChI is InChI=1S/C22H20N4O4S/c1-14-4-9-19-17(12-14)22(28)25-21(24-19)18(13-23)20(27)15-5-7-16(8-6-15)31(29,30)26-10-2-3-11-26/h4-9,12,18H,2-3,10-11H2,1H3,(H,24,25,28)/t18-/m0/s1. The minimum absolute atomic E-state index is 0.0392. The number of aromatic amines is 1. The number of nitriles is 1. The van der Waals surface area contributed by atoms with Crippen LogP contribution in [0.2, 0.25) is 0 Å². The number of rotatable bonds is 5. The number of hydrogen-bond donors (Lipinski definition) is 1. The number of benzene rings is 2. The molecule has 0 radical (unpaired) electrons. The van der Waals surface area contributed by atoms with Crippen molar-refractivity contribution in [3.8, 4) is 6.07 Å². The quantitative estimate of drug-likeness (QED) is 0.613. The summed E-state index contributed by atoms with van der Waals surface area (Å²) in [6, 6.07) is 12.6. The second-order valence-electron chi connectivity index (χ2n) is 7.53. The van der Waals surface area contributed by atoms with Gasteiger partial charge in [-0.3, -0.25) is 9.59 Å². The van der Waals surface area contributed by atoms with E-state index in [2.05, 4.69) is 9.97 Å². The third kappa shape index (κ3) is 3.87. The Labute approximate surface area is 179 Å². The van der Waals surface area contributed by atoms with Crippen molar-refractivity contribution < 1.29 is 13.2 Å². The van der Waals surface area contributed by atoms with E-state index in [-0.39, 0.29) is 16.3 Å². The number of hydrogen-bond acceptors (Lipinski definition) is 6. The number of carbonyl (C=O) groups excluding carboxylic acids is 1. The molecule has 0 aliphatic carbocycles. The van der Waals surface area contributed by atoms with Crippen molar-refractivity contribution >= 4 is 26.7 Å². The highest BCUT2D eigenvalue weighted by Crippen LogP contribution is 2.23. The number of ketones is 1. The van der Waals surface area contributed by atoms with Gasteiger partial charge in [-0.25, -0.2) is 13.4 Å². The van der Waals surface area contributed by atoms with Crippen LogP contribution in [-0.4, -0.2) is 41.6 Å². The summed E-state index contributed by atoms with van der Waals surface area (Å²) < 4.78 is 26.7. The first kappa shape index (κ1) is 20.9. The molecule has 1 aromatic heterocycles. The Hall–Kier alpha value is -3.35. The summed E-state index contributed by atoms with van der Waals surface area (Å²) in [6.45, 7) is 2.82. The number of fused-ring (bicyclic) bond motifs is 1. The van der Waals surface area contributed by atoms with Crippen molar-refractivity contribution in [3.63, 3.8) is 0 Å². The fourth-order valence-electron chi connectivity index (χ4n) is 3.69. The van der Waals surface area contributed by atoms with E-state index in [0.29, 0.717) is 24.0 Å². The van der Waals surface area contributed by atoms with Crippen molar-refractivity contribution in [1.82, 2.24) is 14.3 Å². The van der Waals surface area contributed by atoms with Gasteiger partial charge in [0.05, 0.1) is 21.9 Å². The molecule has 0 unspecified atom stereocenters. The molecule has 1 saturated heterocycles.